The molecule has 0 fully saturated rings. The number of unbranched alkanes of at least 4 members (excludes halogenated alkanes) is 14. The molecule has 0 aromatic rings. The lowest BCUT2D eigenvalue weighted by Crippen LogP contribution is -2.19. The van der Waals surface area contributed by atoms with Crippen molar-refractivity contribution in [1.82, 2.24) is 0 Å². The van der Waals surface area contributed by atoms with Crippen LogP contribution in [0.15, 0.2) is 24.8 Å². The smallest absolute Gasteiger partial charge is 0.307 e. The molecule has 0 bridgehead atoms. The number of hydrogen-bond donors (Lipinski definition) is 1. The summed E-state index contributed by atoms with van der Waals surface area (Å²) in [6.07, 6.45) is 26.8. The summed E-state index contributed by atoms with van der Waals surface area (Å²) in [5, 5.41) is 9.26. The van der Waals surface area contributed by atoms with Crippen LogP contribution in [0.1, 0.15) is 122 Å². The Hall–Kier alpha value is -1.58. The highest BCUT2D eigenvalue weighted by Gasteiger charge is 2.21. The molecule has 1 unspecified atom stereocenters. The van der Waals surface area contributed by atoms with Crippen LogP contribution in [0.3, 0.4) is 0 Å². The molecule has 4 nitrogen and oxygen atoms in total. The van der Waals surface area contributed by atoms with E-state index in [1.807, 2.05) is 0 Å². The molecular weight excluding hydrogens is 388 g/mol. The SMILES string of the molecule is C=CCOC(=O)CC(CCCCCCCCCCCCCCCC/C=C/CC)C(=O)O. The molecule has 0 radical (unpaired) electrons. The van der Waals surface area contributed by atoms with Crippen molar-refractivity contribution in [2.45, 2.75) is 122 Å². The minimum atomic E-state index is -0.903. The lowest BCUT2D eigenvalue weighted by Gasteiger charge is -2.11. The Bertz CT molecular complexity index is 470. The van der Waals surface area contributed by atoms with Crippen molar-refractivity contribution in [2.75, 3.05) is 6.61 Å². The minimum absolute atomic E-state index is 0.0422. The van der Waals surface area contributed by atoms with Gasteiger partial charge in [0.2, 0.25) is 0 Å². The first-order chi connectivity index (χ1) is 15.1. The zero-order valence-corrected chi connectivity index (χ0v) is 20.1. The summed E-state index contributed by atoms with van der Waals surface area (Å²) in [4.78, 5) is 22.9. The molecule has 0 saturated carbocycles. The van der Waals surface area contributed by atoms with Crippen LogP contribution in [0.4, 0.5) is 0 Å². The van der Waals surface area contributed by atoms with Crippen molar-refractivity contribution in [3.8, 4) is 0 Å². The molecule has 0 aliphatic rings. The van der Waals surface area contributed by atoms with E-state index in [1.165, 1.54) is 83.1 Å². The van der Waals surface area contributed by atoms with Crippen LogP contribution >= 0.6 is 0 Å². The van der Waals surface area contributed by atoms with Gasteiger partial charge in [-0.2, -0.15) is 0 Å². The number of ether oxygens (including phenoxy) is 1. The van der Waals surface area contributed by atoms with E-state index in [0.717, 1.165) is 25.7 Å². The first-order valence-electron chi connectivity index (χ1n) is 12.8. The van der Waals surface area contributed by atoms with E-state index < -0.39 is 17.9 Å². The quantitative estimate of drug-likeness (QED) is 0.100. The van der Waals surface area contributed by atoms with Gasteiger partial charge >= 0.3 is 11.9 Å². The molecule has 0 heterocycles. The maximum absolute atomic E-state index is 11.6. The molecule has 0 saturated heterocycles. The topological polar surface area (TPSA) is 63.6 Å². The molecule has 0 amide bonds. The van der Waals surface area contributed by atoms with Gasteiger partial charge in [-0.3, -0.25) is 9.59 Å². The summed E-state index contributed by atoms with van der Waals surface area (Å²) in [6.45, 7) is 5.81. The van der Waals surface area contributed by atoms with E-state index in [0.29, 0.717) is 6.42 Å². The third kappa shape index (κ3) is 21.4. The van der Waals surface area contributed by atoms with Crippen LogP contribution in [-0.2, 0) is 14.3 Å². The Kier molecular flexibility index (Phi) is 21.9. The van der Waals surface area contributed by atoms with E-state index in [9.17, 15) is 14.7 Å². The number of hydrogen-bond acceptors (Lipinski definition) is 3. The standard InChI is InChI=1S/C27H48O4/c1-3-5-6-7-8-9-10-11-12-13-14-15-16-17-18-19-20-21-22-25(27(29)30)24-26(28)31-23-4-2/h4-6,25H,2-3,7-24H2,1H3,(H,29,30)/b6-5+. The van der Waals surface area contributed by atoms with Crippen molar-refractivity contribution >= 4 is 11.9 Å². The lowest BCUT2D eigenvalue weighted by atomic mass is 9.97. The average Bonchev–Trinajstić information content (AvgIpc) is 2.75. The molecule has 0 aliphatic heterocycles. The Labute approximate surface area is 191 Å². The predicted molar refractivity (Wildman–Crippen MR) is 130 cm³/mol. The van der Waals surface area contributed by atoms with Crippen LogP contribution in [0, 0.1) is 5.92 Å². The molecule has 0 aromatic heterocycles. The fourth-order valence-electron chi connectivity index (χ4n) is 3.78. The van der Waals surface area contributed by atoms with Gasteiger partial charge in [-0.25, -0.2) is 0 Å². The van der Waals surface area contributed by atoms with E-state index >= 15 is 0 Å². The van der Waals surface area contributed by atoms with Gasteiger partial charge in [0.1, 0.15) is 6.61 Å². The van der Waals surface area contributed by atoms with Gasteiger partial charge in [0.15, 0.2) is 0 Å². The van der Waals surface area contributed by atoms with Crippen molar-refractivity contribution in [3.05, 3.63) is 24.8 Å². The predicted octanol–water partition coefficient (Wildman–Crippen LogP) is 8.01. The van der Waals surface area contributed by atoms with E-state index in [2.05, 4.69) is 25.7 Å². The molecule has 180 valence electrons. The Morgan fingerprint density at radius 2 is 1.29 bits per heavy atom. The van der Waals surface area contributed by atoms with Gasteiger partial charge in [0.05, 0.1) is 12.3 Å². The summed E-state index contributed by atoms with van der Waals surface area (Å²) in [7, 11) is 0. The molecule has 31 heavy (non-hydrogen) atoms. The van der Waals surface area contributed by atoms with Gasteiger partial charge in [-0.1, -0.05) is 115 Å². The number of carboxylic acid groups (broad SMARTS) is 1. The number of carbonyl (C=O) groups excluding carboxylic acids is 1. The summed E-state index contributed by atoms with van der Waals surface area (Å²) < 4.78 is 4.89. The summed E-state index contributed by atoms with van der Waals surface area (Å²) in [5.41, 5.74) is 0. The fourth-order valence-corrected chi connectivity index (χ4v) is 3.78. The summed E-state index contributed by atoms with van der Waals surface area (Å²) >= 11 is 0. The number of rotatable bonds is 23. The molecule has 0 spiro atoms. The largest absolute Gasteiger partial charge is 0.481 e. The highest BCUT2D eigenvalue weighted by atomic mass is 16.5. The van der Waals surface area contributed by atoms with Crippen LogP contribution in [0.2, 0.25) is 0 Å². The van der Waals surface area contributed by atoms with Crippen LogP contribution in [0.25, 0.3) is 0 Å². The Morgan fingerprint density at radius 1 is 0.806 bits per heavy atom. The number of carboxylic acids is 1. The lowest BCUT2D eigenvalue weighted by molar-refractivity contribution is -0.151. The second-order valence-electron chi connectivity index (χ2n) is 8.62. The minimum Gasteiger partial charge on any atom is -0.481 e. The molecule has 0 aromatic carbocycles. The number of esters is 1. The molecule has 1 N–H and O–H groups in total. The summed E-state index contributed by atoms with van der Waals surface area (Å²) in [6, 6.07) is 0. The second kappa shape index (κ2) is 23.1. The van der Waals surface area contributed by atoms with Gasteiger partial charge < -0.3 is 9.84 Å². The normalized spacial score (nSPS) is 12.2. The van der Waals surface area contributed by atoms with Crippen LogP contribution in [-0.4, -0.2) is 23.7 Å². The summed E-state index contributed by atoms with van der Waals surface area (Å²) in [5.74, 6) is -1.98. The zero-order chi connectivity index (χ0) is 23.0. The van der Waals surface area contributed by atoms with Crippen molar-refractivity contribution < 1.29 is 19.4 Å². The maximum atomic E-state index is 11.6. The van der Waals surface area contributed by atoms with Gasteiger partial charge in [0.25, 0.3) is 0 Å². The van der Waals surface area contributed by atoms with Crippen molar-refractivity contribution in [3.63, 3.8) is 0 Å². The molecule has 4 heteroatoms. The number of carbonyl (C=O) groups is 2. The number of aliphatic carboxylic acids is 1. The van der Waals surface area contributed by atoms with Crippen LogP contribution in [0.5, 0.6) is 0 Å². The highest BCUT2D eigenvalue weighted by Crippen LogP contribution is 2.17. The molecule has 1 atom stereocenters. The van der Waals surface area contributed by atoms with Crippen LogP contribution < -0.4 is 0 Å². The van der Waals surface area contributed by atoms with Crippen molar-refractivity contribution in [1.29, 1.82) is 0 Å². The van der Waals surface area contributed by atoms with Gasteiger partial charge in [0, 0.05) is 0 Å². The third-order valence-electron chi connectivity index (χ3n) is 5.70. The molecule has 0 rings (SSSR count). The Morgan fingerprint density at radius 3 is 1.74 bits per heavy atom. The number of allylic oxidation sites excluding steroid dienone is 2. The fraction of sp³-hybridized carbons (Fsp3) is 0.778. The zero-order valence-electron chi connectivity index (χ0n) is 20.1. The highest BCUT2D eigenvalue weighted by molar-refractivity contribution is 5.78. The first-order valence-corrected chi connectivity index (χ1v) is 12.8. The molecule has 0 aliphatic carbocycles. The van der Waals surface area contributed by atoms with Gasteiger partial charge in [-0.15, -0.1) is 0 Å². The second-order valence-corrected chi connectivity index (χ2v) is 8.62. The maximum Gasteiger partial charge on any atom is 0.307 e. The van der Waals surface area contributed by atoms with Gasteiger partial charge in [-0.05, 0) is 25.7 Å². The van der Waals surface area contributed by atoms with E-state index in [4.69, 9.17) is 4.74 Å². The monoisotopic (exact) mass is 436 g/mol. The average molecular weight is 437 g/mol. The first kappa shape index (κ1) is 29.4. The van der Waals surface area contributed by atoms with Crippen molar-refractivity contribution in [2.24, 2.45) is 5.92 Å². The Balaban J connectivity index is 3.41. The third-order valence-corrected chi connectivity index (χ3v) is 5.70. The molecular formula is C27H48O4. The van der Waals surface area contributed by atoms with E-state index in [1.54, 1.807) is 0 Å². The van der Waals surface area contributed by atoms with E-state index in [-0.39, 0.29) is 13.0 Å².